The monoisotopic (exact) mass is 508 g/mol. The second kappa shape index (κ2) is 11.3. The summed E-state index contributed by atoms with van der Waals surface area (Å²) in [6.45, 7) is 7.20. The Balaban J connectivity index is 1.85. The maximum Gasteiger partial charge on any atom is 0.337 e. The van der Waals surface area contributed by atoms with Gasteiger partial charge in [0.1, 0.15) is 5.75 Å². The molecule has 0 amide bonds. The molecule has 0 saturated carbocycles. The normalized spacial score (nSPS) is 14.9. The van der Waals surface area contributed by atoms with Gasteiger partial charge in [-0.15, -0.1) is 0 Å². The van der Waals surface area contributed by atoms with Gasteiger partial charge in [-0.1, -0.05) is 29.5 Å². The summed E-state index contributed by atoms with van der Waals surface area (Å²) >= 11 is 1.26. The SMILES string of the molecule is CCOc1ccc(/C=c2\sc3n(c2=O)[C@@H](c2ccc(OCC)c(OCC)c2)C(C(=O)OC)=CN=3)cc1. The van der Waals surface area contributed by atoms with E-state index in [4.69, 9.17) is 18.9 Å². The van der Waals surface area contributed by atoms with Crippen molar-refractivity contribution >= 4 is 23.4 Å². The number of carbonyl (C=O) groups excluding carboxylic acids is 1. The highest BCUT2D eigenvalue weighted by molar-refractivity contribution is 7.07. The lowest BCUT2D eigenvalue weighted by molar-refractivity contribution is -0.136. The predicted molar refractivity (Wildman–Crippen MR) is 138 cm³/mol. The number of esters is 1. The number of rotatable bonds is 9. The molecule has 4 rings (SSSR count). The summed E-state index contributed by atoms with van der Waals surface area (Å²) < 4.78 is 24.0. The third kappa shape index (κ3) is 5.06. The molecule has 2 heterocycles. The lowest BCUT2D eigenvalue weighted by Gasteiger charge is -2.23. The average molecular weight is 509 g/mol. The molecule has 0 bridgehead atoms. The number of aromatic nitrogens is 1. The summed E-state index contributed by atoms with van der Waals surface area (Å²) in [6, 6.07) is 12.2. The topological polar surface area (TPSA) is 88.3 Å². The van der Waals surface area contributed by atoms with Crippen LogP contribution in [-0.4, -0.2) is 37.5 Å². The van der Waals surface area contributed by atoms with Crippen LogP contribution in [0.4, 0.5) is 0 Å². The number of benzene rings is 2. The zero-order chi connectivity index (χ0) is 25.7. The largest absolute Gasteiger partial charge is 0.494 e. The molecule has 2 aromatic carbocycles. The fourth-order valence-corrected chi connectivity index (χ4v) is 4.94. The summed E-state index contributed by atoms with van der Waals surface area (Å²) in [4.78, 5) is 31.2. The molecule has 1 atom stereocenters. The molecular weight excluding hydrogens is 480 g/mol. The highest BCUT2D eigenvalue weighted by Gasteiger charge is 2.31. The van der Waals surface area contributed by atoms with Crippen LogP contribution in [0, 0.1) is 0 Å². The van der Waals surface area contributed by atoms with Crippen LogP contribution in [0.15, 0.2) is 64.0 Å². The standard InChI is InChI=1S/C27H28N2O6S/c1-5-33-19-11-8-17(9-12-19)14-23-25(30)29-24(20(26(31)32-4)16-28-27(29)36-23)18-10-13-21(34-6-2)22(15-18)35-7-3/h8-16,24H,5-7H2,1-4H3/b23-14-/t24-/m0/s1. The molecular formula is C27H28N2O6S. The van der Waals surface area contributed by atoms with Crippen molar-refractivity contribution in [1.82, 2.24) is 4.57 Å². The van der Waals surface area contributed by atoms with Crippen LogP contribution in [0.2, 0.25) is 0 Å². The molecule has 0 fully saturated rings. The minimum Gasteiger partial charge on any atom is -0.494 e. The fourth-order valence-electron chi connectivity index (χ4n) is 3.97. The zero-order valence-electron chi connectivity index (χ0n) is 20.6. The first-order chi connectivity index (χ1) is 17.5. The summed E-state index contributed by atoms with van der Waals surface area (Å²) in [7, 11) is 1.31. The minimum atomic E-state index is -0.730. The van der Waals surface area contributed by atoms with Crippen LogP contribution in [0.1, 0.15) is 37.9 Å². The van der Waals surface area contributed by atoms with Crippen LogP contribution in [0.5, 0.6) is 17.2 Å². The molecule has 36 heavy (non-hydrogen) atoms. The lowest BCUT2D eigenvalue weighted by atomic mass is 9.97. The molecule has 1 aliphatic heterocycles. The average Bonchev–Trinajstić information content (AvgIpc) is 3.20. The predicted octanol–water partition coefficient (Wildman–Crippen LogP) is 3.21. The Labute approximate surface area is 212 Å². The molecule has 188 valence electrons. The van der Waals surface area contributed by atoms with Gasteiger partial charge in [0.25, 0.3) is 5.56 Å². The first-order valence-electron chi connectivity index (χ1n) is 11.7. The van der Waals surface area contributed by atoms with Crippen LogP contribution in [-0.2, 0) is 9.53 Å². The second-order valence-corrected chi connectivity index (χ2v) is 8.76. The van der Waals surface area contributed by atoms with E-state index < -0.39 is 12.0 Å². The van der Waals surface area contributed by atoms with E-state index in [0.29, 0.717) is 46.2 Å². The van der Waals surface area contributed by atoms with Crippen LogP contribution in [0.3, 0.4) is 0 Å². The molecule has 0 spiro atoms. The van der Waals surface area contributed by atoms with Gasteiger partial charge in [0, 0.05) is 6.20 Å². The summed E-state index contributed by atoms with van der Waals surface area (Å²) in [5, 5.41) is 0. The van der Waals surface area contributed by atoms with Gasteiger partial charge >= 0.3 is 5.97 Å². The first kappa shape index (κ1) is 25.2. The van der Waals surface area contributed by atoms with Gasteiger partial charge in [0.15, 0.2) is 16.3 Å². The Morgan fingerprint density at radius 2 is 1.69 bits per heavy atom. The Kier molecular flexibility index (Phi) is 7.90. The van der Waals surface area contributed by atoms with Crippen LogP contribution >= 0.6 is 11.3 Å². The second-order valence-electron chi connectivity index (χ2n) is 7.75. The van der Waals surface area contributed by atoms with Crippen molar-refractivity contribution in [3.05, 3.63) is 85.1 Å². The van der Waals surface area contributed by atoms with E-state index in [2.05, 4.69) is 4.99 Å². The highest BCUT2D eigenvalue weighted by Crippen LogP contribution is 2.35. The van der Waals surface area contributed by atoms with Gasteiger partial charge in [0.2, 0.25) is 0 Å². The smallest absolute Gasteiger partial charge is 0.337 e. The quantitative estimate of drug-likeness (QED) is 0.413. The molecule has 0 unspecified atom stereocenters. The minimum absolute atomic E-state index is 0.251. The number of carbonyl (C=O) groups is 1. The van der Waals surface area contributed by atoms with Crippen molar-refractivity contribution in [1.29, 1.82) is 0 Å². The Morgan fingerprint density at radius 3 is 2.36 bits per heavy atom. The molecule has 9 heteroatoms. The molecule has 3 aromatic rings. The van der Waals surface area contributed by atoms with Gasteiger partial charge in [-0.2, -0.15) is 0 Å². The molecule has 1 aromatic heterocycles. The molecule has 0 radical (unpaired) electrons. The molecule has 1 aliphatic rings. The molecule has 0 aliphatic carbocycles. The van der Waals surface area contributed by atoms with Gasteiger partial charge in [-0.3, -0.25) is 9.36 Å². The lowest BCUT2D eigenvalue weighted by Crippen LogP contribution is -2.39. The number of fused-ring (bicyclic) bond motifs is 1. The van der Waals surface area contributed by atoms with Crippen molar-refractivity contribution in [3.8, 4) is 17.2 Å². The van der Waals surface area contributed by atoms with Crippen LogP contribution in [0.25, 0.3) is 6.08 Å². The Hall–Kier alpha value is -3.85. The number of thiazole rings is 1. The Bertz CT molecular complexity index is 1450. The van der Waals surface area contributed by atoms with Gasteiger partial charge < -0.3 is 18.9 Å². The molecule has 0 N–H and O–H groups in total. The van der Waals surface area contributed by atoms with Crippen molar-refractivity contribution in [3.63, 3.8) is 0 Å². The maximum absolute atomic E-state index is 13.6. The zero-order valence-corrected chi connectivity index (χ0v) is 21.5. The van der Waals surface area contributed by atoms with E-state index in [9.17, 15) is 9.59 Å². The summed E-state index contributed by atoms with van der Waals surface area (Å²) in [5.74, 6) is 1.33. The van der Waals surface area contributed by atoms with E-state index in [0.717, 1.165) is 11.3 Å². The number of hydrogen-bond acceptors (Lipinski definition) is 8. The van der Waals surface area contributed by atoms with Gasteiger partial charge in [0.05, 0.1) is 43.1 Å². The van der Waals surface area contributed by atoms with Gasteiger partial charge in [-0.05, 0) is 62.2 Å². The van der Waals surface area contributed by atoms with Crippen molar-refractivity contribution < 1.29 is 23.7 Å². The van der Waals surface area contributed by atoms with E-state index in [1.54, 1.807) is 12.1 Å². The number of ether oxygens (including phenoxy) is 4. The fraction of sp³-hybridized carbons (Fsp3) is 0.296. The maximum atomic E-state index is 13.6. The third-order valence-electron chi connectivity index (χ3n) is 5.50. The number of hydrogen-bond donors (Lipinski definition) is 0. The van der Waals surface area contributed by atoms with Crippen molar-refractivity contribution in [2.24, 2.45) is 4.99 Å². The van der Waals surface area contributed by atoms with E-state index >= 15 is 0 Å². The number of nitrogens with zero attached hydrogens (tertiary/aromatic N) is 2. The first-order valence-corrected chi connectivity index (χ1v) is 12.5. The van der Waals surface area contributed by atoms with E-state index in [1.807, 2.05) is 57.2 Å². The van der Waals surface area contributed by atoms with Crippen molar-refractivity contribution in [2.45, 2.75) is 26.8 Å². The molecule has 8 nitrogen and oxygen atoms in total. The Morgan fingerprint density at radius 1 is 1.00 bits per heavy atom. The summed E-state index contributed by atoms with van der Waals surface area (Å²) in [5.41, 5.74) is 1.54. The van der Waals surface area contributed by atoms with Crippen LogP contribution < -0.4 is 29.1 Å². The number of methoxy groups -OCH3 is 1. The van der Waals surface area contributed by atoms with E-state index in [-0.39, 0.29) is 11.1 Å². The van der Waals surface area contributed by atoms with Gasteiger partial charge in [-0.25, -0.2) is 9.79 Å². The summed E-state index contributed by atoms with van der Waals surface area (Å²) in [6.07, 6.45) is 3.28. The molecule has 0 saturated heterocycles. The van der Waals surface area contributed by atoms with Crippen molar-refractivity contribution in [2.75, 3.05) is 26.9 Å². The third-order valence-corrected chi connectivity index (χ3v) is 6.49. The van der Waals surface area contributed by atoms with E-state index in [1.165, 1.54) is 29.2 Å². The highest BCUT2D eigenvalue weighted by atomic mass is 32.1.